The molecule has 1 atom stereocenters. The van der Waals surface area contributed by atoms with E-state index in [-0.39, 0.29) is 0 Å². The van der Waals surface area contributed by atoms with Crippen molar-refractivity contribution >= 4 is 21.9 Å². The van der Waals surface area contributed by atoms with Crippen LogP contribution in [-0.2, 0) is 11.3 Å². The van der Waals surface area contributed by atoms with E-state index in [2.05, 4.69) is 26.2 Å². The highest BCUT2D eigenvalue weighted by Gasteiger charge is 2.16. The highest BCUT2D eigenvalue weighted by Crippen LogP contribution is 2.23. The molecule has 1 heterocycles. The van der Waals surface area contributed by atoms with Crippen LogP contribution in [0.2, 0.25) is 0 Å². The van der Waals surface area contributed by atoms with Gasteiger partial charge < -0.3 is 9.52 Å². The van der Waals surface area contributed by atoms with Crippen molar-refractivity contribution in [1.82, 2.24) is 10.3 Å². The monoisotopic (exact) mass is 352 g/mol. The molecule has 0 amide bonds. The van der Waals surface area contributed by atoms with Crippen molar-refractivity contribution in [3.8, 4) is 11.3 Å². The fourth-order valence-corrected chi connectivity index (χ4v) is 2.38. The van der Waals surface area contributed by atoms with E-state index < -0.39 is 12.0 Å². The summed E-state index contributed by atoms with van der Waals surface area (Å²) in [4.78, 5) is 15.2. The second kappa shape index (κ2) is 7.38. The largest absolute Gasteiger partial charge is 0.480 e. The maximum absolute atomic E-state index is 11.1. The van der Waals surface area contributed by atoms with E-state index in [0.717, 1.165) is 16.5 Å². The summed E-state index contributed by atoms with van der Waals surface area (Å²) >= 11 is 3.41. The summed E-state index contributed by atoms with van der Waals surface area (Å²) < 4.78 is 6.61. The lowest BCUT2D eigenvalue weighted by Gasteiger charge is -2.11. The molecule has 2 aromatic rings. The minimum atomic E-state index is -0.851. The van der Waals surface area contributed by atoms with Crippen LogP contribution in [-0.4, -0.2) is 22.1 Å². The van der Waals surface area contributed by atoms with E-state index in [1.165, 1.54) is 0 Å². The summed E-state index contributed by atoms with van der Waals surface area (Å²) in [5, 5.41) is 12.0. The SMILES string of the molecule is CCCC(NCc1ncc(-c2cccc(Br)c2)o1)C(=O)O. The van der Waals surface area contributed by atoms with Gasteiger partial charge in [0.25, 0.3) is 0 Å². The fourth-order valence-electron chi connectivity index (χ4n) is 1.98. The zero-order valence-electron chi connectivity index (χ0n) is 11.7. The van der Waals surface area contributed by atoms with Crippen LogP contribution in [0.15, 0.2) is 39.4 Å². The molecule has 0 fully saturated rings. The van der Waals surface area contributed by atoms with E-state index in [1.807, 2.05) is 31.2 Å². The molecule has 5 nitrogen and oxygen atoms in total. The first-order chi connectivity index (χ1) is 10.1. The van der Waals surface area contributed by atoms with Crippen molar-refractivity contribution in [3.63, 3.8) is 0 Å². The molecule has 0 saturated heterocycles. The topological polar surface area (TPSA) is 75.4 Å². The van der Waals surface area contributed by atoms with Crippen molar-refractivity contribution in [2.24, 2.45) is 0 Å². The highest BCUT2D eigenvalue weighted by molar-refractivity contribution is 9.10. The normalized spacial score (nSPS) is 12.3. The number of carbonyl (C=O) groups is 1. The summed E-state index contributed by atoms with van der Waals surface area (Å²) in [5.41, 5.74) is 0.923. The average Bonchev–Trinajstić information content (AvgIpc) is 2.92. The lowest BCUT2D eigenvalue weighted by molar-refractivity contribution is -0.139. The Kier molecular flexibility index (Phi) is 5.52. The molecule has 0 aliphatic rings. The van der Waals surface area contributed by atoms with Crippen LogP contribution in [0.25, 0.3) is 11.3 Å². The molecule has 0 aliphatic carbocycles. The number of aromatic nitrogens is 1. The number of nitrogens with one attached hydrogen (secondary N) is 1. The summed E-state index contributed by atoms with van der Waals surface area (Å²) in [6.07, 6.45) is 3.03. The number of hydrogen-bond donors (Lipinski definition) is 2. The number of rotatable bonds is 7. The second-order valence-corrected chi connectivity index (χ2v) is 5.60. The molecule has 21 heavy (non-hydrogen) atoms. The predicted octanol–water partition coefficient (Wildman–Crippen LogP) is 3.45. The minimum absolute atomic E-state index is 0.297. The van der Waals surface area contributed by atoms with Crippen molar-refractivity contribution in [2.45, 2.75) is 32.4 Å². The molecular formula is C15H17BrN2O3. The highest BCUT2D eigenvalue weighted by atomic mass is 79.9. The Morgan fingerprint density at radius 3 is 3.00 bits per heavy atom. The zero-order valence-corrected chi connectivity index (χ0v) is 13.3. The third-order valence-corrected chi connectivity index (χ3v) is 3.53. The Balaban J connectivity index is 2.02. The smallest absolute Gasteiger partial charge is 0.320 e. The molecule has 0 bridgehead atoms. The van der Waals surface area contributed by atoms with Gasteiger partial charge >= 0.3 is 5.97 Å². The van der Waals surface area contributed by atoms with Gasteiger partial charge in [0.05, 0.1) is 12.7 Å². The molecule has 2 N–H and O–H groups in total. The average molecular weight is 353 g/mol. The number of aliphatic carboxylic acids is 1. The first-order valence-electron chi connectivity index (χ1n) is 6.77. The van der Waals surface area contributed by atoms with E-state index in [0.29, 0.717) is 24.6 Å². The van der Waals surface area contributed by atoms with Gasteiger partial charge in [-0.3, -0.25) is 10.1 Å². The van der Waals surface area contributed by atoms with Crippen LogP contribution in [0.1, 0.15) is 25.7 Å². The van der Waals surface area contributed by atoms with Gasteiger partial charge in [0.1, 0.15) is 6.04 Å². The van der Waals surface area contributed by atoms with Crippen LogP contribution in [0, 0.1) is 0 Å². The number of benzene rings is 1. The molecule has 112 valence electrons. The number of hydrogen-bond acceptors (Lipinski definition) is 4. The van der Waals surface area contributed by atoms with Crippen LogP contribution < -0.4 is 5.32 Å². The number of oxazole rings is 1. The third kappa shape index (κ3) is 4.41. The van der Waals surface area contributed by atoms with Gasteiger partial charge in [-0.05, 0) is 18.6 Å². The molecule has 1 aromatic heterocycles. The molecule has 0 saturated carbocycles. The van der Waals surface area contributed by atoms with Gasteiger partial charge in [0.2, 0.25) is 5.89 Å². The maximum Gasteiger partial charge on any atom is 0.320 e. The molecule has 2 rings (SSSR count). The third-order valence-electron chi connectivity index (χ3n) is 3.04. The van der Waals surface area contributed by atoms with E-state index in [9.17, 15) is 4.79 Å². The molecule has 6 heteroatoms. The quantitative estimate of drug-likeness (QED) is 0.798. The number of halogens is 1. The van der Waals surface area contributed by atoms with Gasteiger partial charge in [-0.15, -0.1) is 0 Å². The van der Waals surface area contributed by atoms with Crippen LogP contribution >= 0.6 is 15.9 Å². The molecule has 0 spiro atoms. The van der Waals surface area contributed by atoms with Crippen LogP contribution in [0.3, 0.4) is 0 Å². The molecule has 0 radical (unpaired) electrons. The van der Waals surface area contributed by atoms with Crippen molar-refractivity contribution < 1.29 is 14.3 Å². The Morgan fingerprint density at radius 1 is 1.52 bits per heavy atom. The summed E-state index contributed by atoms with van der Waals surface area (Å²) in [6.45, 7) is 2.25. The Bertz CT molecular complexity index is 612. The number of nitrogens with zero attached hydrogens (tertiary/aromatic N) is 1. The fraction of sp³-hybridized carbons (Fsp3) is 0.333. The summed E-state index contributed by atoms with van der Waals surface area (Å²) in [7, 11) is 0. The lowest BCUT2D eigenvalue weighted by atomic mass is 10.2. The number of carboxylic acid groups (broad SMARTS) is 1. The molecule has 1 unspecified atom stereocenters. The van der Waals surface area contributed by atoms with Crippen molar-refractivity contribution in [2.75, 3.05) is 0 Å². The molecular weight excluding hydrogens is 336 g/mol. The number of carboxylic acids is 1. The van der Waals surface area contributed by atoms with Gasteiger partial charge in [-0.2, -0.15) is 0 Å². The van der Waals surface area contributed by atoms with Gasteiger partial charge in [0.15, 0.2) is 5.76 Å². The maximum atomic E-state index is 11.1. The zero-order chi connectivity index (χ0) is 15.2. The van der Waals surface area contributed by atoms with Gasteiger partial charge in [-0.25, -0.2) is 4.98 Å². The Morgan fingerprint density at radius 2 is 2.33 bits per heavy atom. The van der Waals surface area contributed by atoms with Gasteiger partial charge in [-0.1, -0.05) is 41.4 Å². The second-order valence-electron chi connectivity index (χ2n) is 4.69. The minimum Gasteiger partial charge on any atom is -0.480 e. The Labute approximate surface area is 131 Å². The predicted molar refractivity (Wildman–Crippen MR) is 82.8 cm³/mol. The van der Waals surface area contributed by atoms with Crippen LogP contribution in [0.5, 0.6) is 0 Å². The van der Waals surface area contributed by atoms with E-state index in [1.54, 1.807) is 6.20 Å². The first kappa shape index (κ1) is 15.7. The Hall–Kier alpha value is -1.66. The summed E-state index contributed by atoms with van der Waals surface area (Å²) in [5.74, 6) is 0.290. The molecule has 1 aromatic carbocycles. The van der Waals surface area contributed by atoms with Crippen molar-refractivity contribution in [1.29, 1.82) is 0 Å². The summed E-state index contributed by atoms with van der Waals surface area (Å²) in [6, 6.07) is 7.15. The van der Waals surface area contributed by atoms with E-state index in [4.69, 9.17) is 9.52 Å². The molecule has 0 aliphatic heterocycles. The first-order valence-corrected chi connectivity index (χ1v) is 7.56. The van der Waals surface area contributed by atoms with E-state index >= 15 is 0 Å². The standard InChI is InChI=1S/C15H17BrN2O3/c1-2-4-12(15(19)20)17-9-14-18-8-13(21-14)10-5-3-6-11(16)7-10/h3,5-8,12,17H,2,4,9H2,1H3,(H,19,20). The lowest BCUT2D eigenvalue weighted by Crippen LogP contribution is -2.36. The van der Waals surface area contributed by atoms with Crippen molar-refractivity contribution in [3.05, 3.63) is 40.8 Å². The van der Waals surface area contributed by atoms with Gasteiger partial charge in [0, 0.05) is 10.0 Å². The van der Waals surface area contributed by atoms with Crippen LogP contribution in [0.4, 0.5) is 0 Å².